The molecule has 0 N–H and O–H groups in total. The maximum Gasteiger partial charge on any atom is 0.338 e. The van der Waals surface area contributed by atoms with Crippen molar-refractivity contribution in [2.75, 3.05) is 26.3 Å². The van der Waals surface area contributed by atoms with Crippen LogP contribution < -0.4 is 0 Å². The van der Waals surface area contributed by atoms with E-state index in [2.05, 4.69) is 4.98 Å². The van der Waals surface area contributed by atoms with E-state index in [1.54, 1.807) is 12.1 Å². The van der Waals surface area contributed by atoms with Gasteiger partial charge in [0.1, 0.15) is 11.8 Å². The molecule has 1 aliphatic heterocycles. The molecule has 0 saturated carbocycles. The average molecular weight is 397 g/mol. The Balaban J connectivity index is 1.64. The topological polar surface area (TPSA) is 85.8 Å². The number of halogens is 1. The number of sulfonamides is 1. The van der Waals surface area contributed by atoms with Gasteiger partial charge >= 0.3 is 5.97 Å². The average Bonchev–Trinajstić information content (AvgIpc) is 2.68. The number of hydrogen-bond donors (Lipinski definition) is 0. The standard InChI is InChI=1S/C17H17ClN2O5S/c18-16-6-1-13(11-19-16)12-25-17(21)14-2-4-15(5-3-14)26(22,23)20-7-9-24-10-8-20/h1-6,11H,7-10,12H2. The van der Waals surface area contributed by atoms with Crippen LogP contribution in [0.25, 0.3) is 0 Å². The van der Waals surface area contributed by atoms with Gasteiger partial charge in [-0.3, -0.25) is 0 Å². The predicted molar refractivity (Wildman–Crippen MR) is 94.4 cm³/mol. The first-order valence-corrected chi connectivity index (χ1v) is 9.74. The number of benzene rings is 1. The van der Waals surface area contributed by atoms with Crippen LogP contribution in [0.15, 0.2) is 47.5 Å². The zero-order chi connectivity index (χ0) is 18.6. The molecule has 7 nitrogen and oxygen atoms in total. The van der Waals surface area contributed by atoms with Crippen molar-refractivity contribution < 1.29 is 22.7 Å². The lowest BCUT2D eigenvalue weighted by atomic mass is 10.2. The Bertz CT molecular complexity index is 863. The summed E-state index contributed by atoms with van der Waals surface area (Å²) in [6.45, 7) is 1.45. The van der Waals surface area contributed by atoms with E-state index in [4.69, 9.17) is 21.1 Å². The Morgan fingerprint density at radius 1 is 1.15 bits per heavy atom. The van der Waals surface area contributed by atoms with Crippen LogP contribution in [-0.2, 0) is 26.1 Å². The fraction of sp³-hybridized carbons (Fsp3) is 0.294. The van der Waals surface area contributed by atoms with Crippen molar-refractivity contribution in [3.63, 3.8) is 0 Å². The highest BCUT2D eigenvalue weighted by Crippen LogP contribution is 2.18. The van der Waals surface area contributed by atoms with E-state index < -0.39 is 16.0 Å². The van der Waals surface area contributed by atoms with Crippen LogP contribution in [0.3, 0.4) is 0 Å². The molecule has 1 fully saturated rings. The van der Waals surface area contributed by atoms with E-state index in [1.165, 1.54) is 34.8 Å². The van der Waals surface area contributed by atoms with Gasteiger partial charge in [-0.25, -0.2) is 18.2 Å². The second kappa shape index (κ2) is 8.13. The molecule has 1 aromatic heterocycles. The van der Waals surface area contributed by atoms with Crippen molar-refractivity contribution in [1.29, 1.82) is 0 Å². The number of morpholine rings is 1. The van der Waals surface area contributed by atoms with Gasteiger partial charge in [-0.1, -0.05) is 17.7 Å². The summed E-state index contributed by atoms with van der Waals surface area (Å²) in [5.74, 6) is -0.546. The van der Waals surface area contributed by atoms with Gasteiger partial charge < -0.3 is 9.47 Å². The summed E-state index contributed by atoms with van der Waals surface area (Å²) in [5, 5.41) is 0.358. The molecule has 2 heterocycles. The second-order valence-electron chi connectivity index (χ2n) is 5.61. The van der Waals surface area contributed by atoms with Gasteiger partial charge in [0.25, 0.3) is 0 Å². The molecule has 1 aliphatic rings. The van der Waals surface area contributed by atoms with Crippen molar-refractivity contribution in [1.82, 2.24) is 9.29 Å². The second-order valence-corrected chi connectivity index (χ2v) is 7.93. The molecule has 0 spiro atoms. The summed E-state index contributed by atoms with van der Waals surface area (Å²) < 4.78 is 36.8. The Labute approximate surface area is 156 Å². The Kier molecular flexibility index (Phi) is 5.87. The normalized spacial score (nSPS) is 15.6. The minimum atomic E-state index is -3.58. The summed E-state index contributed by atoms with van der Waals surface area (Å²) in [6, 6.07) is 9.01. The van der Waals surface area contributed by atoms with Crippen molar-refractivity contribution in [2.45, 2.75) is 11.5 Å². The molecule has 0 aliphatic carbocycles. The van der Waals surface area contributed by atoms with Crippen LogP contribution in [0.2, 0.25) is 5.15 Å². The van der Waals surface area contributed by atoms with Gasteiger partial charge in [0, 0.05) is 24.8 Å². The third kappa shape index (κ3) is 4.39. The lowest BCUT2D eigenvalue weighted by Gasteiger charge is -2.26. The maximum atomic E-state index is 12.5. The molecule has 0 bridgehead atoms. The molecule has 0 unspecified atom stereocenters. The number of nitrogens with zero attached hydrogens (tertiary/aromatic N) is 2. The first kappa shape index (κ1) is 18.8. The Hall–Kier alpha value is -2.00. The first-order chi connectivity index (χ1) is 12.5. The zero-order valence-electron chi connectivity index (χ0n) is 13.8. The molecule has 2 aromatic rings. The molecule has 138 valence electrons. The summed E-state index contributed by atoms with van der Waals surface area (Å²) in [5.41, 5.74) is 0.974. The van der Waals surface area contributed by atoms with Crippen LogP contribution in [0.4, 0.5) is 0 Å². The summed E-state index contributed by atoms with van der Waals surface area (Å²) in [7, 11) is -3.58. The van der Waals surface area contributed by atoms with Crippen molar-refractivity contribution in [3.05, 3.63) is 58.9 Å². The van der Waals surface area contributed by atoms with Crippen LogP contribution in [-0.4, -0.2) is 50.0 Å². The maximum absolute atomic E-state index is 12.5. The third-order valence-corrected chi connectivity index (χ3v) is 5.99. The summed E-state index contributed by atoms with van der Waals surface area (Å²) in [6.07, 6.45) is 1.52. The van der Waals surface area contributed by atoms with Gasteiger partial charge in [0.15, 0.2) is 0 Å². The Morgan fingerprint density at radius 2 is 1.85 bits per heavy atom. The molecule has 3 rings (SSSR count). The van der Waals surface area contributed by atoms with E-state index >= 15 is 0 Å². The molecule has 1 saturated heterocycles. The minimum absolute atomic E-state index is 0.0524. The van der Waals surface area contributed by atoms with Crippen molar-refractivity contribution in [3.8, 4) is 0 Å². The van der Waals surface area contributed by atoms with E-state index in [0.29, 0.717) is 37.0 Å². The Morgan fingerprint density at radius 3 is 2.46 bits per heavy atom. The van der Waals surface area contributed by atoms with Crippen LogP contribution >= 0.6 is 11.6 Å². The zero-order valence-corrected chi connectivity index (χ0v) is 15.4. The van der Waals surface area contributed by atoms with Gasteiger partial charge in [-0.15, -0.1) is 0 Å². The molecular formula is C17H17ClN2O5S. The molecule has 1 aromatic carbocycles. The number of carbonyl (C=O) groups excluding carboxylic acids is 1. The SMILES string of the molecule is O=C(OCc1ccc(Cl)nc1)c1ccc(S(=O)(=O)N2CCOCC2)cc1. The minimum Gasteiger partial charge on any atom is -0.457 e. The molecular weight excluding hydrogens is 380 g/mol. The van der Waals surface area contributed by atoms with Crippen LogP contribution in [0.5, 0.6) is 0 Å². The van der Waals surface area contributed by atoms with Gasteiger partial charge in [-0.2, -0.15) is 4.31 Å². The monoisotopic (exact) mass is 396 g/mol. The highest BCUT2D eigenvalue weighted by Gasteiger charge is 2.26. The number of carbonyl (C=O) groups is 1. The van der Waals surface area contributed by atoms with Crippen molar-refractivity contribution in [2.24, 2.45) is 0 Å². The highest BCUT2D eigenvalue weighted by atomic mass is 35.5. The fourth-order valence-electron chi connectivity index (χ4n) is 2.42. The van der Waals surface area contributed by atoms with Gasteiger partial charge in [0.2, 0.25) is 10.0 Å². The number of esters is 1. The lowest BCUT2D eigenvalue weighted by Crippen LogP contribution is -2.40. The lowest BCUT2D eigenvalue weighted by molar-refractivity contribution is 0.0472. The molecule has 0 atom stereocenters. The number of hydrogen-bond acceptors (Lipinski definition) is 6. The summed E-state index contributed by atoms with van der Waals surface area (Å²) >= 11 is 5.70. The number of pyridine rings is 1. The smallest absolute Gasteiger partial charge is 0.338 e. The summed E-state index contributed by atoms with van der Waals surface area (Å²) in [4.78, 5) is 16.1. The van der Waals surface area contributed by atoms with Crippen LogP contribution in [0, 0.1) is 0 Å². The number of aromatic nitrogens is 1. The number of rotatable bonds is 5. The highest BCUT2D eigenvalue weighted by molar-refractivity contribution is 7.89. The largest absolute Gasteiger partial charge is 0.457 e. The fourth-order valence-corrected chi connectivity index (χ4v) is 3.94. The third-order valence-electron chi connectivity index (χ3n) is 3.86. The van der Waals surface area contributed by atoms with E-state index in [-0.39, 0.29) is 17.1 Å². The van der Waals surface area contributed by atoms with E-state index in [9.17, 15) is 13.2 Å². The first-order valence-electron chi connectivity index (χ1n) is 7.92. The quantitative estimate of drug-likeness (QED) is 0.568. The van der Waals surface area contributed by atoms with E-state index in [1.807, 2.05) is 0 Å². The molecule has 26 heavy (non-hydrogen) atoms. The van der Waals surface area contributed by atoms with Crippen molar-refractivity contribution >= 4 is 27.6 Å². The van der Waals surface area contributed by atoms with Crippen LogP contribution in [0.1, 0.15) is 15.9 Å². The molecule has 0 radical (unpaired) electrons. The molecule has 9 heteroatoms. The molecule has 0 amide bonds. The van der Waals surface area contributed by atoms with E-state index in [0.717, 1.165) is 0 Å². The van der Waals surface area contributed by atoms with Gasteiger partial charge in [0.05, 0.1) is 23.7 Å². The van der Waals surface area contributed by atoms with Gasteiger partial charge in [-0.05, 0) is 30.3 Å². The predicted octanol–water partition coefficient (Wildman–Crippen LogP) is 2.11. The number of ether oxygens (including phenoxy) is 2.